The second-order valence-electron chi connectivity index (χ2n) is 3.43. The third kappa shape index (κ3) is 1.22. The summed E-state index contributed by atoms with van der Waals surface area (Å²) < 4.78 is 0. The molecular formula is C11H9N5. The summed E-state index contributed by atoms with van der Waals surface area (Å²) in [7, 11) is 0. The van der Waals surface area contributed by atoms with Gasteiger partial charge >= 0.3 is 0 Å². The molecule has 0 spiro atoms. The standard InChI is InChI=1S/C11H9N5/c12-10-7-1-3-13-5-9(7)16-11(10)8-2-4-14-6-15-8/h1-6,16H,12H2. The summed E-state index contributed by atoms with van der Waals surface area (Å²) in [5.41, 5.74) is 9.24. The molecule has 0 aliphatic carbocycles. The smallest absolute Gasteiger partial charge is 0.116 e. The zero-order chi connectivity index (χ0) is 11.0. The average molecular weight is 211 g/mol. The van der Waals surface area contributed by atoms with Crippen LogP contribution in [0.15, 0.2) is 37.1 Å². The Kier molecular flexibility index (Phi) is 1.83. The summed E-state index contributed by atoms with van der Waals surface area (Å²) in [4.78, 5) is 15.3. The minimum absolute atomic E-state index is 0.691. The van der Waals surface area contributed by atoms with E-state index in [1.165, 1.54) is 6.33 Å². The van der Waals surface area contributed by atoms with Crippen molar-refractivity contribution >= 4 is 16.6 Å². The molecule has 0 amide bonds. The SMILES string of the molecule is Nc1c(-c2ccncn2)[nH]c2cnccc12. The summed E-state index contributed by atoms with van der Waals surface area (Å²) >= 11 is 0. The first kappa shape index (κ1) is 8.84. The second kappa shape index (κ2) is 3.30. The van der Waals surface area contributed by atoms with Crippen molar-refractivity contribution in [2.75, 3.05) is 5.73 Å². The second-order valence-corrected chi connectivity index (χ2v) is 3.43. The summed E-state index contributed by atoms with van der Waals surface area (Å²) in [6.07, 6.45) is 6.65. The van der Waals surface area contributed by atoms with Crippen molar-refractivity contribution in [2.45, 2.75) is 0 Å². The van der Waals surface area contributed by atoms with Crippen LogP contribution in [-0.4, -0.2) is 19.9 Å². The van der Waals surface area contributed by atoms with Gasteiger partial charge in [0.05, 0.1) is 28.8 Å². The molecule has 0 fully saturated rings. The number of pyridine rings is 1. The van der Waals surface area contributed by atoms with Gasteiger partial charge in [0.2, 0.25) is 0 Å². The molecule has 5 nitrogen and oxygen atoms in total. The third-order valence-corrected chi connectivity index (χ3v) is 2.48. The van der Waals surface area contributed by atoms with Crippen LogP contribution in [0.5, 0.6) is 0 Å². The number of hydrogen-bond donors (Lipinski definition) is 2. The lowest BCUT2D eigenvalue weighted by Crippen LogP contribution is -1.89. The van der Waals surface area contributed by atoms with Gasteiger partial charge < -0.3 is 10.7 Å². The highest BCUT2D eigenvalue weighted by Gasteiger charge is 2.10. The fourth-order valence-corrected chi connectivity index (χ4v) is 1.71. The molecule has 0 aromatic carbocycles. The van der Waals surface area contributed by atoms with Crippen molar-refractivity contribution < 1.29 is 0 Å². The van der Waals surface area contributed by atoms with Gasteiger partial charge in [0.1, 0.15) is 6.33 Å². The van der Waals surface area contributed by atoms with E-state index in [1.54, 1.807) is 18.6 Å². The van der Waals surface area contributed by atoms with Gasteiger partial charge in [-0.25, -0.2) is 9.97 Å². The number of aromatic amines is 1. The van der Waals surface area contributed by atoms with Gasteiger partial charge in [-0.1, -0.05) is 0 Å². The van der Waals surface area contributed by atoms with Crippen molar-refractivity contribution in [1.82, 2.24) is 19.9 Å². The Morgan fingerprint density at radius 3 is 2.75 bits per heavy atom. The van der Waals surface area contributed by atoms with Crippen molar-refractivity contribution in [1.29, 1.82) is 0 Å². The fraction of sp³-hybridized carbons (Fsp3) is 0. The molecule has 3 aromatic rings. The van der Waals surface area contributed by atoms with E-state index in [4.69, 9.17) is 5.73 Å². The van der Waals surface area contributed by atoms with E-state index < -0.39 is 0 Å². The molecule has 0 atom stereocenters. The van der Waals surface area contributed by atoms with Gasteiger partial charge in [0.15, 0.2) is 0 Å². The summed E-state index contributed by atoms with van der Waals surface area (Å²) in [5.74, 6) is 0. The van der Waals surface area contributed by atoms with E-state index >= 15 is 0 Å². The maximum Gasteiger partial charge on any atom is 0.116 e. The number of nitrogen functional groups attached to an aromatic ring is 1. The van der Waals surface area contributed by atoms with Crippen LogP contribution in [-0.2, 0) is 0 Å². The number of nitrogens with two attached hydrogens (primary N) is 1. The van der Waals surface area contributed by atoms with Crippen LogP contribution in [0.3, 0.4) is 0 Å². The third-order valence-electron chi connectivity index (χ3n) is 2.48. The highest BCUT2D eigenvalue weighted by atomic mass is 14.9. The molecule has 3 N–H and O–H groups in total. The number of aromatic nitrogens is 4. The van der Waals surface area contributed by atoms with Crippen molar-refractivity contribution in [3.05, 3.63) is 37.1 Å². The van der Waals surface area contributed by atoms with E-state index in [1.807, 2.05) is 12.1 Å². The van der Waals surface area contributed by atoms with Crippen LogP contribution in [0.2, 0.25) is 0 Å². The lowest BCUT2D eigenvalue weighted by molar-refractivity contribution is 1.16. The molecule has 0 aliphatic heterocycles. The molecule has 5 heteroatoms. The molecule has 0 saturated carbocycles. The molecule has 3 heterocycles. The van der Waals surface area contributed by atoms with E-state index in [9.17, 15) is 0 Å². The summed E-state index contributed by atoms with van der Waals surface area (Å²) in [6.45, 7) is 0. The Labute approximate surface area is 91.4 Å². The van der Waals surface area contributed by atoms with Crippen molar-refractivity contribution in [3.8, 4) is 11.4 Å². The zero-order valence-electron chi connectivity index (χ0n) is 8.38. The van der Waals surface area contributed by atoms with Crippen LogP contribution >= 0.6 is 0 Å². The Hall–Kier alpha value is -2.43. The number of H-pyrrole nitrogens is 1. The van der Waals surface area contributed by atoms with Crippen LogP contribution in [0.1, 0.15) is 0 Å². The topological polar surface area (TPSA) is 80.5 Å². The molecule has 78 valence electrons. The molecule has 0 radical (unpaired) electrons. The average Bonchev–Trinajstić information content (AvgIpc) is 2.69. The van der Waals surface area contributed by atoms with Crippen molar-refractivity contribution in [3.63, 3.8) is 0 Å². The van der Waals surface area contributed by atoms with E-state index in [0.29, 0.717) is 5.69 Å². The minimum Gasteiger partial charge on any atom is -0.396 e. The minimum atomic E-state index is 0.691. The lowest BCUT2D eigenvalue weighted by Gasteiger charge is -1.97. The maximum atomic E-state index is 6.05. The number of rotatable bonds is 1. The van der Waals surface area contributed by atoms with E-state index in [2.05, 4.69) is 19.9 Å². The van der Waals surface area contributed by atoms with Gasteiger partial charge in [-0.15, -0.1) is 0 Å². The maximum absolute atomic E-state index is 6.05. The Morgan fingerprint density at radius 2 is 2.00 bits per heavy atom. The van der Waals surface area contributed by atoms with E-state index in [-0.39, 0.29) is 0 Å². The highest BCUT2D eigenvalue weighted by Crippen LogP contribution is 2.30. The number of hydrogen-bond acceptors (Lipinski definition) is 4. The van der Waals surface area contributed by atoms with Crippen molar-refractivity contribution in [2.24, 2.45) is 0 Å². The molecule has 0 saturated heterocycles. The van der Waals surface area contributed by atoms with Crippen LogP contribution in [0.25, 0.3) is 22.3 Å². The number of fused-ring (bicyclic) bond motifs is 1. The molecule has 16 heavy (non-hydrogen) atoms. The lowest BCUT2D eigenvalue weighted by atomic mass is 10.2. The fourth-order valence-electron chi connectivity index (χ4n) is 1.71. The first-order valence-corrected chi connectivity index (χ1v) is 4.84. The van der Waals surface area contributed by atoms with Gasteiger partial charge in [-0.2, -0.15) is 0 Å². The van der Waals surface area contributed by atoms with Crippen LogP contribution in [0.4, 0.5) is 5.69 Å². The first-order valence-electron chi connectivity index (χ1n) is 4.84. The number of nitrogens with zero attached hydrogens (tertiary/aromatic N) is 3. The van der Waals surface area contributed by atoms with Gasteiger partial charge in [-0.05, 0) is 12.1 Å². The molecule has 3 rings (SSSR count). The highest BCUT2D eigenvalue weighted by molar-refractivity contribution is 5.98. The molecule has 0 aliphatic rings. The van der Waals surface area contributed by atoms with E-state index in [0.717, 1.165) is 22.3 Å². The molecule has 0 unspecified atom stereocenters. The summed E-state index contributed by atoms with van der Waals surface area (Å²) in [6, 6.07) is 3.69. The Balaban J connectivity index is 2.29. The largest absolute Gasteiger partial charge is 0.396 e. The first-order chi connectivity index (χ1) is 7.86. The molecule has 0 bridgehead atoms. The quantitative estimate of drug-likeness (QED) is 0.640. The number of anilines is 1. The van der Waals surface area contributed by atoms with Gasteiger partial charge in [-0.3, -0.25) is 4.98 Å². The van der Waals surface area contributed by atoms with Gasteiger partial charge in [0.25, 0.3) is 0 Å². The zero-order valence-corrected chi connectivity index (χ0v) is 8.38. The molecular weight excluding hydrogens is 202 g/mol. The molecule has 3 aromatic heterocycles. The number of nitrogens with one attached hydrogen (secondary N) is 1. The summed E-state index contributed by atoms with van der Waals surface area (Å²) in [5, 5.41) is 0.962. The Morgan fingerprint density at radius 1 is 1.12 bits per heavy atom. The monoisotopic (exact) mass is 211 g/mol. The normalized spacial score (nSPS) is 10.8. The predicted molar refractivity (Wildman–Crippen MR) is 61.5 cm³/mol. The van der Waals surface area contributed by atoms with Gasteiger partial charge in [0, 0.05) is 17.8 Å². The Bertz CT molecular complexity index is 629. The van der Waals surface area contributed by atoms with Crippen LogP contribution < -0.4 is 5.73 Å². The predicted octanol–water partition coefficient (Wildman–Crippen LogP) is 1.60. The van der Waals surface area contributed by atoms with Crippen LogP contribution in [0, 0.1) is 0 Å².